The Morgan fingerprint density at radius 3 is 2.71 bits per heavy atom. The van der Waals surface area contributed by atoms with E-state index in [1.54, 1.807) is 6.92 Å². The van der Waals surface area contributed by atoms with Gasteiger partial charge in [-0.05, 0) is 19.1 Å². The molecule has 1 aromatic rings. The molecule has 3 N–H and O–H groups in total. The highest BCUT2D eigenvalue weighted by Crippen LogP contribution is 2.15. The van der Waals surface area contributed by atoms with Gasteiger partial charge in [-0.1, -0.05) is 0 Å². The van der Waals surface area contributed by atoms with Crippen LogP contribution in [0.3, 0.4) is 0 Å². The second kappa shape index (κ2) is 4.88. The number of nitrogens with two attached hydrogens (primary N) is 1. The summed E-state index contributed by atoms with van der Waals surface area (Å²) in [5.41, 5.74) is 2.47. The Bertz CT molecular complexity index is 307. The van der Waals surface area contributed by atoms with E-state index in [0.717, 1.165) is 12.1 Å². The molecular weight excluding hydrogens is 190 g/mol. The summed E-state index contributed by atoms with van der Waals surface area (Å²) in [4.78, 5) is 0. The van der Waals surface area contributed by atoms with E-state index < -0.39 is 11.6 Å². The minimum Gasteiger partial charge on any atom is -0.492 e. The summed E-state index contributed by atoms with van der Waals surface area (Å²) in [6.45, 7) is 2.10. The molecule has 0 fully saturated rings. The Hall–Kier alpha value is -1.20. The maximum absolute atomic E-state index is 12.7. The molecule has 0 saturated carbocycles. The van der Waals surface area contributed by atoms with E-state index in [2.05, 4.69) is 5.43 Å². The average Bonchev–Trinajstić information content (AvgIpc) is 2.19. The van der Waals surface area contributed by atoms with Crippen LogP contribution < -0.4 is 16.0 Å². The van der Waals surface area contributed by atoms with Crippen molar-refractivity contribution in [2.75, 3.05) is 6.61 Å². The van der Waals surface area contributed by atoms with E-state index in [-0.39, 0.29) is 11.8 Å². The van der Waals surface area contributed by atoms with Crippen molar-refractivity contribution in [3.05, 3.63) is 29.8 Å². The van der Waals surface area contributed by atoms with Crippen LogP contribution in [0.5, 0.6) is 5.75 Å². The molecule has 0 aromatic heterocycles. The first-order valence-corrected chi connectivity index (χ1v) is 4.17. The fourth-order valence-corrected chi connectivity index (χ4v) is 0.836. The fraction of sp³-hybridized carbons (Fsp3) is 0.333. The van der Waals surface area contributed by atoms with Crippen LogP contribution in [0.2, 0.25) is 0 Å². The fourth-order valence-electron chi connectivity index (χ4n) is 0.836. The van der Waals surface area contributed by atoms with Crippen LogP contribution >= 0.6 is 0 Å². The molecule has 0 amide bonds. The molecule has 1 rings (SSSR count). The predicted molar refractivity (Wildman–Crippen MR) is 48.6 cm³/mol. The van der Waals surface area contributed by atoms with Crippen molar-refractivity contribution in [3.63, 3.8) is 0 Å². The summed E-state index contributed by atoms with van der Waals surface area (Å²) in [5, 5.41) is 0. The lowest BCUT2D eigenvalue weighted by Crippen LogP contribution is -2.36. The lowest BCUT2D eigenvalue weighted by Gasteiger charge is -2.11. The smallest absolute Gasteiger partial charge is 0.162 e. The number of rotatable bonds is 4. The lowest BCUT2D eigenvalue weighted by molar-refractivity contribution is 0.273. The minimum absolute atomic E-state index is 0.0527. The Balaban J connectivity index is 2.55. The van der Waals surface area contributed by atoms with Gasteiger partial charge in [0.2, 0.25) is 0 Å². The molecule has 5 heteroatoms. The minimum atomic E-state index is -0.920. The van der Waals surface area contributed by atoms with E-state index in [1.807, 2.05) is 0 Å². The molecule has 1 aromatic carbocycles. The summed E-state index contributed by atoms with van der Waals surface area (Å²) in [6, 6.07) is 3.33. The molecule has 0 aliphatic rings. The third kappa shape index (κ3) is 2.93. The highest BCUT2D eigenvalue weighted by atomic mass is 19.2. The van der Waals surface area contributed by atoms with Crippen molar-refractivity contribution in [2.45, 2.75) is 13.0 Å². The number of halogens is 2. The van der Waals surface area contributed by atoms with E-state index in [1.165, 1.54) is 6.07 Å². The number of hydrazine groups is 1. The van der Waals surface area contributed by atoms with Gasteiger partial charge in [0.1, 0.15) is 12.4 Å². The van der Waals surface area contributed by atoms with Gasteiger partial charge in [0, 0.05) is 6.07 Å². The molecule has 1 unspecified atom stereocenters. The molecule has 3 nitrogen and oxygen atoms in total. The second-order valence-corrected chi connectivity index (χ2v) is 2.95. The van der Waals surface area contributed by atoms with Gasteiger partial charge >= 0.3 is 0 Å². The Morgan fingerprint density at radius 1 is 1.43 bits per heavy atom. The molecule has 0 heterocycles. The van der Waals surface area contributed by atoms with Crippen molar-refractivity contribution < 1.29 is 13.5 Å². The topological polar surface area (TPSA) is 47.3 Å². The molecule has 0 bridgehead atoms. The largest absolute Gasteiger partial charge is 0.492 e. The molecule has 1 atom stereocenters. The van der Waals surface area contributed by atoms with Crippen LogP contribution in [-0.2, 0) is 0 Å². The quantitative estimate of drug-likeness (QED) is 0.569. The van der Waals surface area contributed by atoms with Gasteiger partial charge in [0.25, 0.3) is 0 Å². The van der Waals surface area contributed by atoms with Gasteiger partial charge < -0.3 is 4.74 Å². The Labute approximate surface area is 80.8 Å². The van der Waals surface area contributed by atoms with Gasteiger partial charge in [-0.3, -0.25) is 11.3 Å². The average molecular weight is 202 g/mol. The number of benzene rings is 1. The highest BCUT2D eigenvalue weighted by Gasteiger charge is 2.04. The van der Waals surface area contributed by atoms with Crippen molar-refractivity contribution in [1.29, 1.82) is 0 Å². The summed E-state index contributed by atoms with van der Waals surface area (Å²) < 4.78 is 30.3. The van der Waals surface area contributed by atoms with Crippen molar-refractivity contribution in [3.8, 4) is 5.75 Å². The SMILES string of the molecule is CC(COc1ccc(F)c(F)c1)NN. The van der Waals surface area contributed by atoms with Gasteiger partial charge in [0.05, 0.1) is 6.04 Å². The first kappa shape index (κ1) is 10.9. The normalized spacial score (nSPS) is 12.6. The van der Waals surface area contributed by atoms with Gasteiger partial charge in [-0.2, -0.15) is 0 Å². The highest BCUT2D eigenvalue weighted by molar-refractivity contribution is 5.23. The zero-order chi connectivity index (χ0) is 10.6. The van der Waals surface area contributed by atoms with E-state index in [4.69, 9.17) is 10.6 Å². The number of nitrogens with one attached hydrogen (secondary N) is 1. The first-order chi connectivity index (χ1) is 6.63. The number of hydrogen-bond acceptors (Lipinski definition) is 3. The molecule has 0 aliphatic carbocycles. The third-order valence-corrected chi connectivity index (χ3v) is 1.68. The van der Waals surface area contributed by atoms with Crippen LogP contribution in [0.25, 0.3) is 0 Å². The second-order valence-electron chi connectivity index (χ2n) is 2.95. The predicted octanol–water partition coefficient (Wildman–Crippen LogP) is 1.20. The summed E-state index contributed by atoms with van der Waals surface area (Å²) in [6.07, 6.45) is 0. The summed E-state index contributed by atoms with van der Waals surface area (Å²) in [5.74, 6) is 3.60. The molecule has 0 spiro atoms. The number of hydrogen-bond donors (Lipinski definition) is 2. The zero-order valence-electron chi connectivity index (χ0n) is 7.76. The summed E-state index contributed by atoms with van der Waals surface area (Å²) >= 11 is 0. The third-order valence-electron chi connectivity index (χ3n) is 1.68. The zero-order valence-corrected chi connectivity index (χ0v) is 7.76. The van der Waals surface area contributed by atoms with Crippen LogP contribution in [0.1, 0.15) is 6.92 Å². The standard InChI is InChI=1S/C9H12F2N2O/c1-6(13-12)5-14-7-2-3-8(10)9(11)4-7/h2-4,6,13H,5,12H2,1H3. The number of ether oxygens (including phenoxy) is 1. The van der Waals surface area contributed by atoms with Crippen molar-refractivity contribution in [1.82, 2.24) is 5.43 Å². The van der Waals surface area contributed by atoms with Crippen LogP contribution in [0.4, 0.5) is 8.78 Å². The molecule has 0 saturated heterocycles. The van der Waals surface area contributed by atoms with Gasteiger partial charge in [-0.15, -0.1) is 0 Å². The van der Waals surface area contributed by atoms with E-state index in [0.29, 0.717) is 6.61 Å². The van der Waals surface area contributed by atoms with E-state index in [9.17, 15) is 8.78 Å². The lowest BCUT2D eigenvalue weighted by atomic mass is 10.3. The van der Waals surface area contributed by atoms with Crippen LogP contribution in [-0.4, -0.2) is 12.6 Å². The molecule has 14 heavy (non-hydrogen) atoms. The molecule has 0 radical (unpaired) electrons. The monoisotopic (exact) mass is 202 g/mol. The first-order valence-electron chi connectivity index (χ1n) is 4.17. The van der Waals surface area contributed by atoms with Crippen LogP contribution in [0, 0.1) is 11.6 Å². The molecule has 0 aliphatic heterocycles. The molecular formula is C9H12F2N2O. The maximum atomic E-state index is 12.7. The summed E-state index contributed by atoms with van der Waals surface area (Å²) in [7, 11) is 0. The van der Waals surface area contributed by atoms with Crippen LogP contribution in [0.15, 0.2) is 18.2 Å². The van der Waals surface area contributed by atoms with Gasteiger partial charge in [0.15, 0.2) is 11.6 Å². The Kier molecular flexibility index (Phi) is 3.79. The van der Waals surface area contributed by atoms with Gasteiger partial charge in [-0.25, -0.2) is 8.78 Å². The van der Waals surface area contributed by atoms with E-state index >= 15 is 0 Å². The maximum Gasteiger partial charge on any atom is 0.162 e. The van der Waals surface area contributed by atoms with Crippen molar-refractivity contribution in [2.24, 2.45) is 5.84 Å². The molecule has 78 valence electrons. The van der Waals surface area contributed by atoms with Crippen molar-refractivity contribution >= 4 is 0 Å². The Morgan fingerprint density at radius 2 is 2.14 bits per heavy atom.